The van der Waals surface area contributed by atoms with Crippen LogP contribution in [0.3, 0.4) is 0 Å². The second-order valence-electron chi connectivity index (χ2n) is 8.06. The van der Waals surface area contributed by atoms with E-state index in [1.165, 1.54) is 44.1 Å². The fourth-order valence-corrected chi connectivity index (χ4v) is 5.01. The zero-order chi connectivity index (χ0) is 18.0. The molecule has 6 heteroatoms. The summed E-state index contributed by atoms with van der Waals surface area (Å²) in [5, 5.41) is 3.33. The van der Waals surface area contributed by atoms with Crippen molar-refractivity contribution in [3.63, 3.8) is 0 Å². The van der Waals surface area contributed by atoms with Gasteiger partial charge in [0.05, 0.1) is 6.54 Å². The quantitative estimate of drug-likeness (QED) is 0.399. The molecule has 0 atom stereocenters. The zero-order valence-electron chi connectivity index (χ0n) is 16.2. The summed E-state index contributed by atoms with van der Waals surface area (Å²) in [6, 6.07) is 8.21. The Labute approximate surface area is 179 Å². The summed E-state index contributed by atoms with van der Waals surface area (Å²) in [6.45, 7) is 3.24. The summed E-state index contributed by atoms with van der Waals surface area (Å²) in [5.41, 5.74) is 2.83. The van der Waals surface area contributed by atoms with E-state index in [9.17, 15) is 4.79 Å². The van der Waals surface area contributed by atoms with Crippen molar-refractivity contribution in [1.29, 1.82) is 0 Å². The highest BCUT2D eigenvalue weighted by atomic mass is 127. The summed E-state index contributed by atoms with van der Waals surface area (Å²) in [5.74, 6) is 1.01. The molecule has 2 aliphatic heterocycles. The molecule has 2 heterocycles. The Bertz CT molecular complexity index is 699. The van der Waals surface area contributed by atoms with Gasteiger partial charge in [-0.2, -0.15) is 0 Å². The molecule has 4 rings (SSSR count). The van der Waals surface area contributed by atoms with Gasteiger partial charge in [-0.05, 0) is 42.7 Å². The number of anilines is 1. The fraction of sp³-hybridized carbons (Fsp3) is 0.619. The highest BCUT2D eigenvalue weighted by molar-refractivity contribution is 14.0. The average Bonchev–Trinajstić information content (AvgIpc) is 3.28. The van der Waals surface area contributed by atoms with Gasteiger partial charge in [-0.15, -0.1) is 24.0 Å². The first kappa shape index (κ1) is 20.4. The van der Waals surface area contributed by atoms with Gasteiger partial charge in [0, 0.05) is 32.4 Å². The molecule has 1 saturated heterocycles. The Morgan fingerprint density at radius 2 is 1.93 bits per heavy atom. The SMILES string of the molecule is CN=C(NCC(=O)N1CCc2ccccc21)N1CCC2(CCCCC2)C1.I. The van der Waals surface area contributed by atoms with Crippen LogP contribution >= 0.6 is 24.0 Å². The van der Waals surface area contributed by atoms with E-state index in [0.29, 0.717) is 12.0 Å². The summed E-state index contributed by atoms with van der Waals surface area (Å²) in [4.78, 5) is 21.4. The van der Waals surface area contributed by atoms with Crippen molar-refractivity contribution < 1.29 is 4.79 Å². The minimum Gasteiger partial charge on any atom is -0.347 e. The number of fused-ring (bicyclic) bond motifs is 1. The minimum atomic E-state index is 0. The van der Waals surface area contributed by atoms with Crippen molar-refractivity contribution in [3.8, 4) is 0 Å². The lowest BCUT2D eigenvalue weighted by Gasteiger charge is -2.33. The maximum Gasteiger partial charge on any atom is 0.246 e. The molecule has 27 heavy (non-hydrogen) atoms. The van der Waals surface area contributed by atoms with Crippen LogP contribution in [0.25, 0.3) is 0 Å². The van der Waals surface area contributed by atoms with E-state index in [2.05, 4.69) is 21.3 Å². The lowest BCUT2D eigenvalue weighted by molar-refractivity contribution is -0.117. The van der Waals surface area contributed by atoms with Crippen molar-refractivity contribution in [1.82, 2.24) is 10.2 Å². The van der Waals surface area contributed by atoms with Gasteiger partial charge in [0.25, 0.3) is 0 Å². The Hall–Kier alpha value is -1.31. The number of nitrogens with zero attached hydrogens (tertiary/aromatic N) is 3. The van der Waals surface area contributed by atoms with E-state index in [4.69, 9.17) is 0 Å². The van der Waals surface area contributed by atoms with Crippen LogP contribution < -0.4 is 10.2 Å². The third kappa shape index (κ3) is 4.25. The van der Waals surface area contributed by atoms with Crippen LogP contribution in [0.1, 0.15) is 44.1 Å². The smallest absolute Gasteiger partial charge is 0.246 e. The monoisotopic (exact) mass is 482 g/mol. The highest BCUT2D eigenvalue weighted by Gasteiger charge is 2.39. The van der Waals surface area contributed by atoms with E-state index >= 15 is 0 Å². The number of guanidine groups is 1. The number of rotatable bonds is 2. The van der Waals surface area contributed by atoms with Crippen molar-refractivity contribution in [3.05, 3.63) is 29.8 Å². The third-order valence-corrected chi connectivity index (χ3v) is 6.45. The number of halogens is 1. The average molecular weight is 482 g/mol. The summed E-state index contributed by atoms with van der Waals surface area (Å²) < 4.78 is 0. The zero-order valence-corrected chi connectivity index (χ0v) is 18.6. The van der Waals surface area contributed by atoms with Crippen LogP contribution in [-0.4, -0.2) is 50.0 Å². The molecule has 1 N–H and O–H groups in total. The predicted molar refractivity (Wildman–Crippen MR) is 121 cm³/mol. The van der Waals surface area contributed by atoms with Gasteiger partial charge in [0.2, 0.25) is 5.91 Å². The first-order valence-electron chi connectivity index (χ1n) is 10.0. The molecule has 1 aliphatic carbocycles. The first-order chi connectivity index (χ1) is 12.7. The van der Waals surface area contributed by atoms with Crippen LogP contribution in [0.4, 0.5) is 5.69 Å². The van der Waals surface area contributed by atoms with E-state index < -0.39 is 0 Å². The van der Waals surface area contributed by atoms with Crippen molar-refractivity contribution in [2.24, 2.45) is 10.4 Å². The number of carbonyl (C=O) groups is 1. The van der Waals surface area contributed by atoms with E-state index in [1.54, 1.807) is 0 Å². The molecule has 5 nitrogen and oxygen atoms in total. The number of benzene rings is 1. The number of hydrogen-bond donors (Lipinski definition) is 1. The Morgan fingerprint density at radius 3 is 2.70 bits per heavy atom. The van der Waals surface area contributed by atoms with Gasteiger partial charge in [-0.1, -0.05) is 37.5 Å². The number of amides is 1. The van der Waals surface area contributed by atoms with Crippen LogP contribution in [-0.2, 0) is 11.2 Å². The van der Waals surface area contributed by atoms with Gasteiger partial charge in [-0.25, -0.2) is 0 Å². The Balaban J connectivity index is 0.00000210. The van der Waals surface area contributed by atoms with Crippen molar-refractivity contribution >= 4 is 41.5 Å². The second-order valence-corrected chi connectivity index (χ2v) is 8.06. The number of para-hydroxylation sites is 1. The molecule has 0 bridgehead atoms. The fourth-order valence-electron chi connectivity index (χ4n) is 5.01. The van der Waals surface area contributed by atoms with E-state index in [-0.39, 0.29) is 29.9 Å². The van der Waals surface area contributed by atoms with Gasteiger partial charge >= 0.3 is 0 Å². The molecule has 1 aromatic rings. The predicted octanol–water partition coefficient (Wildman–Crippen LogP) is 3.43. The molecule has 0 unspecified atom stereocenters. The first-order valence-corrected chi connectivity index (χ1v) is 10.0. The molecule has 3 aliphatic rings. The molecule has 148 valence electrons. The minimum absolute atomic E-state index is 0. The summed E-state index contributed by atoms with van der Waals surface area (Å²) in [6.07, 6.45) is 9.04. The maximum absolute atomic E-state index is 12.7. The third-order valence-electron chi connectivity index (χ3n) is 6.45. The Kier molecular flexibility index (Phi) is 6.65. The molecule has 1 saturated carbocycles. The van der Waals surface area contributed by atoms with Gasteiger partial charge in [0.15, 0.2) is 5.96 Å². The van der Waals surface area contributed by atoms with E-state index in [1.807, 2.05) is 30.1 Å². The molecule has 1 amide bonds. The van der Waals surface area contributed by atoms with E-state index in [0.717, 1.165) is 37.7 Å². The van der Waals surface area contributed by atoms with Gasteiger partial charge in [0.1, 0.15) is 0 Å². The van der Waals surface area contributed by atoms with Crippen LogP contribution in [0, 0.1) is 5.41 Å². The topological polar surface area (TPSA) is 47.9 Å². The van der Waals surface area contributed by atoms with Crippen LogP contribution in [0.15, 0.2) is 29.3 Å². The summed E-state index contributed by atoms with van der Waals surface area (Å²) >= 11 is 0. The highest BCUT2D eigenvalue weighted by Crippen LogP contribution is 2.43. The van der Waals surface area contributed by atoms with Crippen molar-refractivity contribution in [2.45, 2.75) is 44.9 Å². The molecule has 1 aromatic carbocycles. The maximum atomic E-state index is 12.7. The van der Waals surface area contributed by atoms with Crippen LogP contribution in [0.5, 0.6) is 0 Å². The lowest BCUT2D eigenvalue weighted by atomic mass is 9.73. The molecule has 2 fully saturated rings. The second kappa shape index (κ2) is 8.80. The number of aliphatic imine (C=N–C) groups is 1. The van der Waals surface area contributed by atoms with Gasteiger partial charge < -0.3 is 15.1 Å². The summed E-state index contributed by atoms with van der Waals surface area (Å²) in [7, 11) is 1.82. The number of likely N-dealkylation sites (tertiary alicyclic amines) is 1. The van der Waals surface area contributed by atoms with Crippen molar-refractivity contribution in [2.75, 3.05) is 38.1 Å². The number of carbonyl (C=O) groups excluding carboxylic acids is 1. The standard InChI is InChI=1S/C21H30N4O.HI/c1-22-20(24-14-12-21(16-24)10-5-2-6-11-21)23-15-19(26)25-13-9-17-7-3-4-8-18(17)25;/h3-4,7-8H,2,5-6,9-16H2,1H3,(H,22,23);1H. The van der Waals surface area contributed by atoms with Crippen LogP contribution in [0.2, 0.25) is 0 Å². The molecule has 1 spiro atoms. The molecular formula is C21H31IN4O. The lowest BCUT2D eigenvalue weighted by Crippen LogP contribution is -2.46. The number of nitrogens with one attached hydrogen (secondary N) is 1. The molecule has 0 aromatic heterocycles. The van der Waals surface area contributed by atoms with Gasteiger partial charge in [-0.3, -0.25) is 9.79 Å². The molecular weight excluding hydrogens is 451 g/mol. The number of hydrogen-bond acceptors (Lipinski definition) is 2. The molecule has 0 radical (unpaired) electrons. The normalized spacial score (nSPS) is 21.1. The largest absolute Gasteiger partial charge is 0.347 e. The Morgan fingerprint density at radius 1 is 1.15 bits per heavy atom.